The van der Waals surface area contributed by atoms with Gasteiger partial charge in [-0.05, 0) is 19.1 Å². The van der Waals surface area contributed by atoms with Crippen molar-refractivity contribution in [2.24, 2.45) is 0 Å². The maximum absolute atomic E-state index is 11.8. The number of alkyl halides is 3. The van der Waals surface area contributed by atoms with Gasteiger partial charge in [-0.2, -0.15) is 13.2 Å². The first-order chi connectivity index (χ1) is 6.80. The number of aliphatic hydroxyl groups is 1. The summed E-state index contributed by atoms with van der Waals surface area (Å²) in [5, 5.41) is 9.22. The monoisotopic (exact) mass is 236 g/mol. The van der Waals surface area contributed by atoms with Crippen LogP contribution in [0.15, 0.2) is 18.2 Å². The first-order valence-corrected chi connectivity index (χ1v) is 4.71. The van der Waals surface area contributed by atoms with Gasteiger partial charge in [-0.15, -0.1) is 11.3 Å². The number of allylic oxidation sites excluding steroid dienone is 1. The van der Waals surface area contributed by atoms with E-state index in [0.717, 1.165) is 16.2 Å². The lowest BCUT2D eigenvalue weighted by Gasteiger charge is -2.00. The zero-order chi connectivity index (χ0) is 11.6. The van der Waals surface area contributed by atoms with Gasteiger partial charge in [-0.25, -0.2) is 0 Å². The molecule has 6 heteroatoms. The molecule has 1 heterocycles. The predicted molar refractivity (Wildman–Crippen MR) is 50.7 cm³/mol. The number of carbonyl (C=O) groups excluding carboxylic acids is 1. The van der Waals surface area contributed by atoms with Crippen molar-refractivity contribution in [3.8, 4) is 0 Å². The van der Waals surface area contributed by atoms with E-state index < -0.39 is 17.7 Å². The van der Waals surface area contributed by atoms with Crippen LogP contribution in [0.5, 0.6) is 0 Å². The van der Waals surface area contributed by atoms with E-state index in [-0.39, 0.29) is 11.0 Å². The summed E-state index contributed by atoms with van der Waals surface area (Å²) in [6.45, 7) is 1.74. The van der Waals surface area contributed by atoms with Crippen LogP contribution in [0.3, 0.4) is 0 Å². The molecule has 1 N–H and O–H groups in total. The van der Waals surface area contributed by atoms with Gasteiger partial charge >= 0.3 is 6.18 Å². The van der Waals surface area contributed by atoms with Crippen molar-refractivity contribution in [1.29, 1.82) is 0 Å². The second kappa shape index (κ2) is 4.06. The Morgan fingerprint density at radius 2 is 2.07 bits per heavy atom. The maximum Gasteiger partial charge on any atom is 0.454 e. The number of hydrogen-bond acceptors (Lipinski definition) is 3. The highest BCUT2D eigenvalue weighted by Crippen LogP contribution is 2.24. The second-order valence-corrected chi connectivity index (χ2v) is 4.09. The van der Waals surface area contributed by atoms with Crippen LogP contribution in [0.1, 0.15) is 9.75 Å². The fraction of sp³-hybridized carbons (Fsp3) is 0.222. The number of thiophene rings is 1. The zero-order valence-electron chi connectivity index (χ0n) is 7.63. The molecular formula is C9H7F3O2S. The summed E-state index contributed by atoms with van der Waals surface area (Å²) in [5.41, 5.74) is 0. The molecule has 1 aromatic heterocycles. The summed E-state index contributed by atoms with van der Waals surface area (Å²) in [6.07, 6.45) is -4.76. The molecule has 0 radical (unpaired) electrons. The van der Waals surface area contributed by atoms with Crippen molar-refractivity contribution in [1.82, 2.24) is 0 Å². The molecule has 0 aliphatic heterocycles. The Morgan fingerprint density at radius 1 is 1.47 bits per heavy atom. The van der Waals surface area contributed by atoms with E-state index in [9.17, 15) is 23.1 Å². The lowest BCUT2D eigenvalue weighted by molar-refractivity contribution is -0.165. The molecule has 1 aromatic rings. The molecule has 0 amide bonds. The molecule has 0 atom stereocenters. The van der Waals surface area contributed by atoms with Gasteiger partial charge in [0, 0.05) is 11.0 Å². The second-order valence-electron chi connectivity index (χ2n) is 2.80. The number of ketones is 1. The molecule has 0 saturated heterocycles. The number of aryl methyl sites for hydroxylation is 1. The van der Waals surface area contributed by atoms with Crippen molar-refractivity contribution < 1.29 is 23.1 Å². The molecule has 15 heavy (non-hydrogen) atoms. The summed E-state index contributed by atoms with van der Waals surface area (Å²) < 4.78 is 35.5. The molecule has 0 spiro atoms. The van der Waals surface area contributed by atoms with Crippen LogP contribution in [-0.4, -0.2) is 17.1 Å². The van der Waals surface area contributed by atoms with Gasteiger partial charge in [0.2, 0.25) is 0 Å². The number of hydrogen-bond donors (Lipinski definition) is 1. The Labute approximate surface area is 87.7 Å². The van der Waals surface area contributed by atoms with E-state index in [1.165, 1.54) is 6.07 Å². The molecule has 1 rings (SSSR count). The van der Waals surface area contributed by atoms with Gasteiger partial charge < -0.3 is 5.11 Å². The molecule has 0 saturated carbocycles. The van der Waals surface area contributed by atoms with Gasteiger partial charge in [0.15, 0.2) is 0 Å². The van der Waals surface area contributed by atoms with Crippen LogP contribution in [0, 0.1) is 6.92 Å². The van der Waals surface area contributed by atoms with Gasteiger partial charge in [-0.3, -0.25) is 4.79 Å². The van der Waals surface area contributed by atoms with Crippen LogP contribution in [0.25, 0.3) is 5.76 Å². The fourth-order valence-corrected chi connectivity index (χ4v) is 1.63. The SMILES string of the molecule is Cc1ccc(/C(O)=C\C(=O)C(F)(F)F)s1. The lowest BCUT2D eigenvalue weighted by Crippen LogP contribution is -2.20. The third kappa shape index (κ3) is 3.09. The molecule has 0 unspecified atom stereocenters. The van der Waals surface area contributed by atoms with E-state index in [1.54, 1.807) is 13.0 Å². The quantitative estimate of drug-likeness (QED) is 0.632. The van der Waals surface area contributed by atoms with Crippen molar-refractivity contribution in [3.05, 3.63) is 28.0 Å². The van der Waals surface area contributed by atoms with Gasteiger partial charge in [-0.1, -0.05) is 0 Å². The summed E-state index contributed by atoms with van der Waals surface area (Å²) in [5.74, 6) is -2.72. The molecule has 0 aliphatic rings. The number of aliphatic hydroxyl groups excluding tert-OH is 1. The van der Waals surface area contributed by atoms with Crippen molar-refractivity contribution in [2.45, 2.75) is 13.1 Å². The van der Waals surface area contributed by atoms with Crippen LogP contribution in [0.2, 0.25) is 0 Å². The summed E-state index contributed by atoms with van der Waals surface area (Å²) in [6, 6.07) is 3.09. The average molecular weight is 236 g/mol. The highest BCUT2D eigenvalue weighted by molar-refractivity contribution is 7.13. The smallest absolute Gasteiger partial charge is 0.454 e. The van der Waals surface area contributed by atoms with Gasteiger partial charge in [0.05, 0.1) is 4.88 Å². The Kier molecular flexibility index (Phi) is 3.18. The predicted octanol–water partition coefficient (Wildman–Crippen LogP) is 3.09. The van der Waals surface area contributed by atoms with E-state index in [2.05, 4.69) is 0 Å². The molecule has 82 valence electrons. The largest absolute Gasteiger partial charge is 0.506 e. The minimum atomic E-state index is -4.94. The molecule has 0 fully saturated rings. The summed E-state index contributed by atoms with van der Waals surface area (Å²) in [7, 11) is 0. The Morgan fingerprint density at radius 3 is 2.47 bits per heavy atom. The molecular weight excluding hydrogens is 229 g/mol. The molecule has 0 aliphatic carbocycles. The van der Waals surface area contributed by atoms with Crippen LogP contribution in [-0.2, 0) is 4.79 Å². The third-order valence-corrected chi connectivity index (χ3v) is 2.56. The molecule has 0 bridgehead atoms. The topological polar surface area (TPSA) is 37.3 Å². The highest BCUT2D eigenvalue weighted by atomic mass is 32.1. The fourth-order valence-electron chi connectivity index (χ4n) is 0.849. The maximum atomic E-state index is 11.8. The number of carbonyl (C=O) groups is 1. The van der Waals surface area contributed by atoms with Crippen molar-refractivity contribution in [2.75, 3.05) is 0 Å². The van der Waals surface area contributed by atoms with Gasteiger partial charge in [0.1, 0.15) is 5.76 Å². The molecule has 0 aromatic carbocycles. The molecule has 2 nitrogen and oxygen atoms in total. The third-order valence-electron chi connectivity index (χ3n) is 1.54. The van der Waals surface area contributed by atoms with E-state index in [1.807, 2.05) is 0 Å². The number of halogens is 3. The average Bonchev–Trinajstić information content (AvgIpc) is 2.50. The van der Waals surface area contributed by atoms with Crippen LogP contribution < -0.4 is 0 Å². The van der Waals surface area contributed by atoms with E-state index in [4.69, 9.17) is 0 Å². The standard InChI is InChI=1S/C9H7F3O2S/c1-5-2-3-7(15-5)6(13)4-8(14)9(10,11)12/h2-4,13H,1H3/b6-4+. The van der Waals surface area contributed by atoms with E-state index >= 15 is 0 Å². The summed E-state index contributed by atoms with van der Waals surface area (Å²) in [4.78, 5) is 11.6. The van der Waals surface area contributed by atoms with Crippen LogP contribution in [0.4, 0.5) is 13.2 Å². The first kappa shape index (κ1) is 11.8. The zero-order valence-corrected chi connectivity index (χ0v) is 8.45. The van der Waals surface area contributed by atoms with E-state index in [0.29, 0.717) is 0 Å². The normalized spacial score (nSPS) is 12.9. The Balaban J connectivity index is 2.90. The number of rotatable bonds is 2. The van der Waals surface area contributed by atoms with Crippen molar-refractivity contribution >= 4 is 22.9 Å². The Hall–Kier alpha value is -1.30. The lowest BCUT2D eigenvalue weighted by atomic mass is 10.3. The van der Waals surface area contributed by atoms with Crippen molar-refractivity contribution in [3.63, 3.8) is 0 Å². The van der Waals surface area contributed by atoms with Gasteiger partial charge in [0.25, 0.3) is 5.78 Å². The summed E-state index contributed by atoms with van der Waals surface area (Å²) >= 11 is 1.11. The minimum Gasteiger partial charge on any atom is -0.506 e. The highest BCUT2D eigenvalue weighted by Gasteiger charge is 2.37. The van der Waals surface area contributed by atoms with Crippen LogP contribution >= 0.6 is 11.3 Å². The Bertz CT molecular complexity index is 404. The first-order valence-electron chi connectivity index (χ1n) is 3.89. The minimum absolute atomic E-state index is 0.186.